The summed E-state index contributed by atoms with van der Waals surface area (Å²) >= 11 is 0. The van der Waals surface area contributed by atoms with Crippen molar-refractivity contribution < 1.29 is 4.79 Å². The van der Waals surface area contributed by atoms with E-state index in [4.69, 9.17) is 5.10 Å². The molecule has 1 aliphatic carbocycles. The number of nitrogens with zero attached hydrogens (tertiary/aromatic N) is 5. The van der Waals surface area contributed by atoms with Crippen LogP contribution in [0.3, 0.4) is 0 Å². The fourth-order valence-electron chi connectivity index (χ4n) is 4.25. The molecule has 31 heavy (non-hydrogen) atoms. The van der Waals surface area contributed by atoms with Crippen molar-refractivity contribution in [1.82, 2.24) is 24.8 Å². The van der Waals surface area contributed by atoms with E-state index in [0.717, 1.165) is 35.3 Å². The number of aromatic nitrogens is 5. The summed E-state index contributed by atoms with van der Waals surface area (Å²) in [5.74, 6) is 1.27. The summed E-state index contributed by atoms with van der Waals surface area (Å²) in [5, 5.41) is 16.3. The van der Waals surface area contributed by atoms with Crippen molar-refractivity contribution in [3.63, 3.8) is 0 Å². The number of carbonyl (C=O) groups excluding carboxylic acids is 1. The summed E-state index contributed by atoms with van der Waals surface area (Å²) in [6.07, 6.45) is 10.2. The first-order chi connectivity index (χ1) is 15.3. The Morgan fingerprint density at radius 2 is 1.81 bits per heavy atom. The molecule has 0 aliphatic heterocycles. The highest BCUT2D eigenvalue weighted by Crippen LogP contribution is 2.27. The van der Waals surface area contributed by atoms with Crippen LogP contribution in [0.2, 0.25) is 0 Å². The highest BCUT2D eigenvalue weighted by Gasteiger charge is 2.17. The summed E-state index contributed by atoms with van der Waals surface area (Å²) in [6.45, 7) is 0. The van der Waals surface area contributed by atoms with Gasteiger partial charge in [0.1, 0.15) is 0 Å². The Balaban J connectivity index is 1.38. The molecule has 1 saturated carbocycles. The number of hydrogen-bond acceptors (Lipinski definition) is 5. The molecule has 3 heterocycles. The van der Waals surface area contributed by atoms with Crippen molar-refractivity contribution in [2.24, 2.45) is 5.92 Å². The van der Waals surface area contributed by atoms with E-state index in [9.17, 15) is 4.79 Å². The Labute approximate surface area is 180 Å². The van der Waals surface area contributed by atoms with Gasteiger partial charge < -0.3 is 5.32 Å². The minimum Gasteiger partial charge on any atom is -0.326 e. The van der Waals surface area contributed by atoms with Crippen LogP contribution in [0.25, 0.3) is 28.3 Å². The first kappa shape index (κ1) is 19.4. The van der Waals surface area contributed by atoms with E-state index in [1.165, 1.54) is 19.3 Å². The normalized spacial score (nSPS) is 14.6. The molecule has 1 aliphatic rings. The summed E-state index contributed by atoms with van der Waals surface area (Å²) in [4.78, 5) is 16.6. The molecule has 0 spiro atoms. The fourth-order valence-corrected chi connectivity index (χ4v) is 4.25. The molecule has 7 nitrogen and oxygen atoms in total. The second-order valence-corrected chi connectivity index (χ2v) is 8.09. The first-order valence-corrected chi connectivity index (χ1v) is 10.8. The third-order valence-corrected chi connectivity index (χ3v) is 5.84. The molecule has 1 amide bonds. The molecule has 0 bridgehead atoms. The van der Waals surface area contributed by atoms with Crippen LogP contribution in [0.5, 0.6) is 0 Å². The molecule has 0 unspecified atom stereocenters. The van der Waals surface area contributed by atoms with Gasteiger partial charge >= 0.3 is 0 Å². The third kappa shape index (κ3) is 4.30. The van der Waals surface area contributed by atoms with Gasteiger partial charge in [-0.1, -0.05) is 31.4 Å². The molecule has 5 rings (SSSR count). The van der Waals surface area contributed by atoms with Gasteiger partial charge in [-0.2, -0.15) is 9.61 Å². The molecule has 7 heteroatoms. The molecule has 1 aromatic carbocycles. The standard InChI is InChI=1S/C24H24N6O/c31-23(15-17-5-2-1-3-6-17)26-20-8-4-7-19(16-20)21-9-10-22-27-28-24(30(22)29-21)18-11-13-25-14-12-18/h4,7-14,16-17H,1-3,5-6,15H2,(H,26,31). The van der Waals surface area contributed by atoms with Crippen molar-refractivity contribution in [2.75, 3.05) is 5.32 Å². The lowest BCUT2D eigenvalue weighted by Crippen LogP contribution is -2.18. The van der Waals surface area contributed by atoms with E-state index in [2.05, 4.69) is 20.5 Å². The molecule has 156 valence electrons. The van der Waals surface area contributed by atoms with Crippen molar-refractivity contribution in [1.29, 1.82) is 0 Å². The van der Waals surface area contributed by atoms with Crippen molar-refractivity contribution in [3.8, 4) is 22.6 Å². The molecule has 3 aromatic heterocycles. The predicted molar refractivity (Wildman–Crippen MR) is 119 cm³/mol. The van der Waals surface area contributed by atoms with E-state index < -0.39 is 0 Å². The molecule has 0 atom stereocenters. The van der Waals surface area contributed by atoms with Crippen LogP contribution in [0.15, 0.2) is 60.9 Å². The zero-order chi connectivity index (χ0) is 21.0. The van der Waals surface area contributed by atoms with Crippen LogP contribution >= 0.6 is 0 Å². The summed E-state index contributed by atoms with van der Waals surface area (Å²) < 4.78 is 1.74. The number of pyridine rings is 1. The van der Waals surface area contributed by atoms with Crippen LogP contribution in [-0.4, -0.2) is 30.7 Å². The molecular weight excluding hydrogens is 388 g/mol. The maximum atomic E-state index is 12.5. The zero-order valence-electron chi connectivity index (χ0n) is 17.2. The van der Waals surface area contributed by atoms with Crippen LogP contribution < -0.4 is 5.32 Å². The summed E-state index contributed by atoms with van der Waals surface area (Å²) in [7, 11) is 0. The minimum absolute atomic E-state index is 0.0891. The van der Waals surface area contributed by atoms with Gasteiger partial charge in [-0.3, -0.25) is 9.78 Å². The van der Waals surface area contributed by atoms with Crippen LogP contribution in [0, 0.1) is 5.92 Å². The molecule has 0 radical (unpaired) electrons. The van der Waals surface area contributed by atoms with E-state index in [1.807, 2.05) is 48.5 Å². The van der Waals surface area contributed by atoms with Crippen LogP contribution in [-0.2, 0) is 4.79 Å². The lowest BCUT2D eigenvalue weighted by Gasteiger charge is -2.20. The lowest BCUT2D eigenvalue weighted by atomic mass is 9.87. The number of amides is 1. The zero-order valence-corrected chi connectivity index (χ0v) is 17.2. The van der Waals surface area contributed by atoms with Gasteiger partial charge in [0.15, 0.2) is 11.5 Å². The number of rotatable bonds is 5. The van der Waals surface area contributed by atoms with Gasteiger partial charge in [0, 0.05) is 35.6 Å². The Morgan fingerprint density at radius 1 is 0.968 bits per heavy atom. The van der Waals surface area contributed by atoms with Crippen molar-refractivity contribution in [3.05, 3.63) is 60.9 Å². The quantitative estimate of drug-likeness (QED) is 0.511. The fraction of sp³-hybridized carbons (Fsp3) is 0.292. The second kappa shape index (κ2) is 8.63. The number of nitrogens with one attached hydrogen (secondary N) is 1. The second-order valence-electron chi connectivity index (χ2n) is 8.09. The highest BCUT2D eigenvalue weighted by molar-refractivity contribution is 5.91. The topological polar surface area (TPSA) is 85.1 Å². The van der Waals surface area contributed by atoms with E-state index in [0.29, 0.717) is 23.8 Å². The number of anilines is 1. The Bertz CT molecular complexity index is 1200. The first-order valence-electron chi connectivity index (χ1n) is 10.8. The number of carbonyl (C=O) groups is 1. The number of hydrogen-bond donors (Lipinski definition) is 1. The third-order valence-electron chi connectivity index (χ3n) is 5.84. The Hall–Kier alpha value is -3.61. The van der Waals surface area contributed by atoms with E-state index in [1.54, 1.807) is 16.9 Å². The average Bonchev–Trinajstić information content (AvgIpc) is 3.24. The largest absolute Gasteiger partial charge is 0.326 e. The van der Waals surface area contributed by atoms with Gasteiger partial charge in [-0.25, -0.2) is 0 Å². The van der Waals surface area contributed by atoms with Gasteiger partial charge in [0.25, 0.3) is 0 Å². The van der Waals surface area contributed by atoms with Gasteiger partial charge in [0.2, 0.25) is 5.91 Å². The van der Waals surface area contributed by atoms with Crippen molar-refractivity contribution in [2.45, 2.75) is 38.5 Å². The molecule has 1 N–H and O–H groups in total. The Morgan fingerprint density at radius 3 is 2.65 bits per heavy atom. The number of fused-ring (bicyclic) bond motifs is 1. The molecule has 4 aromatic rings. The summed E-state index contributed by atoms with van der Waals surface area (Å²) in [5.41, 5.74) is 4.07. The van der Waals surface area contributed by atoms with Crippen LogP contribution in [0.1, 0.15) is 38.5 Å². The summed E-state index contributed by atoms with van der Waals surface area (Å²) in [6, 6.07) is 15.4. The monoisotopic (exact) mass is 412 g/mol. The van der Waals surface area contributed by atoms with E-state index in [-0.39, 0.29) is 5.91 Å². The average molecular weight is 412 g/mol. The smallest absolute Gasteiger partial charge is 0.224 e. The van der Waals surface area contributed by atoms with E-state index >= 15 is 0 Å². The molecule has 1 fully saturated rings. The van der Waals surface area contributed by atoms with Crippen molar-refractivity contribution >= 4 is 17.2 Å². The highest BCUT2D eigenvalue weighted by atomic mass is 16.1. The molecular formula is C24H24N6O. The maximum Gasteiger partial charge on any atom is 0.224 e. The maximum absolute atomic E-state index is 12.5. The van der Waals surface area contributed by atoms with Gasteiger partial charge in [-0.15, -0.1) is 10.2 Å². The SMILES string of the molecule is O=C(CC1CCCCC1)Nc1cccc(-c2ccc3nnc(-c4ccncc4)n3n2)c1. The van der Waals surface area contributed by atoms with Crippen LogP contribution in [0.4, 0.5) is 5.69 Å². The van der Waals surface area contributed by atoms with Gasteiger partial charge in [-0.05, 0) is 55.2 Å². The predicted octanol–water partition coefficient (Wildman–Crippen LogP) is 4.76. The minimum atomic E-state index is 0.0891. The lowest BCUT2D eigenvalue weighted by molar-refractivity contribution is -0.117. The molecule has 0 saturated heterocycles. The Kier molecular flexibility index (Phi) is 5.39. The number of benzene rings is 1. The van der Waals surface area contributed by atoms with Gasteiger partial charge in [0.05, 0.1) is 5.69 Å².